The van der Waals surface area contributed by atoms with Crippen molar-refractivity contribution in [2.24, 2.45) is 0 Å². The van der Waals surface area contributed by atoms with E-state index in [1.807, 2.05) is 0 Å². The third-order valence-electron chi connectivity index (χ3n) is 1.58. The fourth-order valence-electron chi connectivity index (χ4n) is 0.961. The number of thiol groups is 1. The van der Waals surface area contributed by atoms with Crippen molar-refractivity contribution in [3.8, 4) is 0 Å². The quantitative estimate of drug-likeness (QED) is 0.508. The topological polar surface area (TPSA) is 17.1 Å². The van der Waals surface area contributed by atoms with Crippen LogP contribution < -0.4 is 0 Å². The van der Waals surface area contributed by atoms with Crippen LogP contribution in [0.2, 0.25) is 5.02 Å². The van der Waals surface area contributed by atoms with Crippen molar-refractivity contribution in [1.82, 2.24) is 0 Å². The van der Waals surface area contributed by atoms with Crippen LogP contribution >= 0.6 is 40.2 Å². The Hall–Kier alpha value is 0.01000. The van der Waals surface area contributed by atoms with E-state index in [0.717, 1.165) is 0 Å². The fourth-order valence-corrected chi connectivity index (χ4v) is 1.91. The lowest BCUT2D eigenvalue weighted by Crippen LogP contribution is -2.00. The Labute approximate surface area is 96.0 Å². The van der Waals surface area contributed by atoms with E-state index in [1.165, 1.54) is 0 Å². The largest absolute Gasteiger partial charge is 0.294 e. The van der Waals surface area contributed by atoms with Crippen molar-refractivity contribution in [3.05, 3.63) is 28.8 Å². The predicted octanol–water partition coefficient (Wildman–Crippen LogP) is 3.60. The Balaban J connectivity index is 2.95. The van der Waals surface area contributed by atoms with E-state index < -0.39 is 0 Å². The highest BCUT2D eigenvalue weighted by Gasteiger charge is 2.08. The normalized spacial score (nSPS) is 10.1. The third-order valence-corrected chi connectivity index (χ3v) is 2.58. The van der Waals surface area contributed by atoms with Crippen LogP contribution in [0.25, 0.3) is 0 Å². The van der Waals surface area contributed by atoms with E-state index in [0.29, 0.717) is 27.2 Å². The Kier molecular flexibility index (Phi) is 4.29. The molecule has 0 atom stereocenters. The van der Waals surface area contributed by atoms with Gasteiger partial charge in [0.15, 0.2) is 5.78 Å². The summed E-state index contributed by atoms with van der Waals surface area (Å²) < 4.78 is 0. The van der Waals surface area contributed by atoms with Crippen LogP contribution in [0.5, 0.6) is 0 Å². The van der Waals surface area contributed by atoms with Gasteiger partial charge in [-0.3, -0.25) is 4.79 Å². The minimum atomic E-state index is 0.0820. The highest BCUT2D eigenvalue weighted by Crippen LogP contribution is 2.20. The molecule has 0 aliphatic heterocycles. The molecule has 0 radical (unpaired) electrons. The highest BCUT2D eigenvalue weighted by atomic mass is 79.9. The minimum Gasteiger partial charge on any atom is -0.294 e. The molecule has 13 heavy (non-hydrogen) atoms. The van der Waals surface area contributed by atoms with Crippen LogP contribution in [-0.4, -0.2) is 11.1 Å². The van der Waals surface area contributed by atoms with Crippen molar-refractivity contribution >= 4 is 45.9 Å². The van der Waals surface area contributed by atoms with Crippen molar-refractivity contribution in [2.75, 3.05) is 5.33 Å². The molecule has 1 aromatic rings. The maximum absolute atomic E-state index is 11.5. The predicted molar refractivity (Wildman–Crippen MR) is 61.4 cm³/mol. The Bertz CT molecular complexity index is 327. The number of benzene rings is 1. The van der Waals surface area contributed by atoms with Gasteiger partial charge in [-0.1, -0.05) is 27.5 Å². The number of Topliss-reactive ketones (excluding diaryl/α,β-unsaturated/α-hetero) is 1. The molecule has 1 aromatic carbocycles. The summed E-state index contributed by atoms with van der Waals surface area (Å²) in [5.41, 5.74) is 0.632. The summed E-state index contributed by atoms with van der Waals surface area (Å²) in [5.74, 6) is 0.0820. The first-order valence-corrected chi connectivity index (χ1v) is 5.67. The summed E-state index contributed by atoms with van der Waals surface area (Å²) in [5, 5.41) is 1.27. The third kappa shape index (κ3) is 3.01. The molecular formula is C9H8BrClOS. The van der Waals surface area contributed by atoms with Crippen LogP contribution in [0.1, 0.15) is 16.8 Å². The number of hydrogen-bond acceptors (Lipinski definition) is 2. The first kappa shape index (κ1) is 11.1. The second kappa shape index (κ2) is 5.03. The Morgan fingerprint density at radius 2 is 2.23 bits per heavy atom. The van der Waals surface area contributed by atoms with Crippen molar-refractivity contribution < 1.29 is 4.79 Å². The van der Waals surface area contributed by atoms with Crippen LogP contribution in [0.15, 0.2) is 23.1 Å². The summed E-state index contributed by atoms with van der Waals surface area (Å²) in [6, 6.07) is 5.07. The first-order valence-electron chi connectivity index (χ1n) is 3.73. The molecule has 0 spiro atoms. The first-order chi connectivity index (χ1) is 6.15. The molecule has 0 aromatic heterocycles. The SMILES string of the molecule is O=C(CCBr)c1ccc(Cl)cc1S. The maximum atomic E-state index is 11.5. The van der Waals surface area contributed by atoms with Crippen molar-refractivity contribution in [1.29, 1.82) is 0 Å². The second-order valence-electron chi connectivity index (χ2n) is 2.52. The molecule has 0 unspecified atom stereocenters. The standard InChI is InChI=1S/C9H8BrClOS/c10-4-3-8(12)7-2-1-6(11)5-9(7)13/h1-2,5,13H,3-4H2. The molecule has 0 bridgehead atoms. The lowest BCUT2D eigenvalue weighted by molar-refractivity contribution is 0.0987. The van der Waals surface area contributed by atoms with E-state index in [-0.39, 0.29) is 5.78 Å². The second-order valence-corrected chi connectivity index (χ2v) is 4.23. The number of rotatable bonds is 3. The van der Waals surface area contributed by atoms with E-state index in [4.69, 9.17) is 11.6 Å². The Morgan fingerprint density at radius 3 is 2.77 bits per heavy atom. The van der Waals surface area contributed by atoms with Crippen LogP contribution in [0, 0.1) is 0 Å². The minimum absolute atomic E-state index is 0.0820. The highest BCUT2D eigenvalue weighted by molar-refractivity contribution is 9.09. The van der Waals surface area contributed by atoms with Gasteiger partial charge < -0.3 is 0 Å². The number of alkyl halides is 1. The zero-order valence-electron chi connectivity index (χ0n) is 6.76. The molecule has 1 rings (SSSR count). The molecule has 0 saturated heterocycles. The van der Waals surface area contributed by atoms with E-state index in [9.17, 15) is 4.79 Å². The number of ketones is 1. The molecule has 0 amide bonds. The monoisotopic (exact) mass is 278 g/mol. The summed E-state index contributed by atoms with van der Waals surface area (Å²) in [7, 11) is 0. The summed E-state index contributed by atoms with van der Waals surface area (Å²) in [6.07, 6.45) is 0.481. The van der Waals surface area contributed by atoms with Gasteiger partial charge in [0.05, 0.1) is 0 Å². The van der Waals surface area contributed by atoms with Crippen LogP contribution in [-0.2, 0) is 0 Å². The molecule has 70 valence electrons. The summed E-state index contributed by atoms with van der Waals surface area (Å²) in [6.45, 7) is 0. The number of halogens is 2. The number of hydrogen-bond donors (Lipinski definition) is 1. The van der Waals surface area contributed by atoms with Gasteiger partial charge in [-0.15, -0.1) is 12.6 Å². The van der Waals surface area contributed by atoms with Crippen molar-refractivity contribution in [2.45, 2.75) is 11.3 Å². The molecule has 0 aliphatic carbocycles. The van der Waals surface area contributed by atoms with Gasteiger partial charge in [0.1, 0.15) is 0 Å². The number of carbonyl (C=O) groups is 1. The molecule has 1 nitrogen and oxygen atoms in total. The van der Waals surface area contributed by atoms with E-state index in [1.54, 1.807) is 18.2 Å². The van der Waals surface area contributed by atoms with Gasteiger partial charge in [-0.2, -0.15) is 0 Å². The molecule has 0 N–H and O–H groups in total. The Morgan fingerprint density at radius 1 is 1.54 bits per heavy atom. The lowest BCUT2D eigenvalue weighted by Gasteiger charge is -2.02. The molecule has 0 saturated carbocycles. The number of carbonyl (C=O) groups excluding carboxylic acids is 1. The van der Waals surface area contributed by atoms with E-state index >= 15 is 0 Å². The van der Waals surface area contributed by atoms with Crippen molar-refractivity contribution in [3.63, 3.8) is 0 Å². The van der Waals surface area contributed by atoms with Gasteiger partial charge >= 0.3 is 0 Å². The smallest absolute Gasteiger partial charge is 0.164 e. The fraction of sp³-hybridized carbons (Fsp3) is 0.222. The lowest BCUT2D eigenvalue weighted by atomic mass is 10.1. The zero-order valence-corrected chi connectivity index (χ0v) is 9.99. The molecule has 0 aliphatic rings. The average Bonchev–Trinajstić information content (AvgIpc) is 2.04. The maximum Gasteiger partial charge on any atom is 0.164 e. The molecule has 0 heterocycles. The zero-order chi connectivity index (χ0) is 9.84. The van der Waals surface area contributed by atoms with Crippen LogP contribution in [0.4, 0.5) is 0 Å². The van der Waals surface area contributed by atoms with Crippen LogP contribution in [0.3, 0.4) is 0 Å². The molecule has 0 fully saturated rings. The van der Waals surface area contributed by atoms with E-state index in [2.05, 4.69) is 28.6 Å². The van der Waals surface area contributed by atoms with Gasteiger partial charge in [0, 0.05) is 27.2 Å². The van der Waals surface area contributed by atoms with Gasteiger partial charge in [0.2, 0.25) is 0 Å². The van der Waals surface area contributed by atoms with Gasteiger partial charge in [-0.25, -0.2) is 0 Å². The molecule has 4 heteroatoms. The average molecular weight is 280 g/mol. The molecular weight excluding hydrogens is 272 g/mol. The summed E-state index contributed by atoms with van der Waals surface area (Å²) in [4.78, 5) is 12.1. The van der Waals surface area contributed by atoms with Gasteiger partial charge in [0.25, 0.3) is 0 Å². The van der Waals surface area contributed by atoms with Gasteiger partial charge in [-0.05, 0) is 18.2 Å². The summed E-state index contributed by atoms with van der Waals surface area (Å²) >= 11 is 13.1.